The largest absolute Gasteiger partial charge is 0.373 e. The van der Waals surface area contributed by atoms with E-state index in [1.807, 2.05) is 30.3 Å². The van der Waals surface area contributed by atoms with E-state index in [4.69, 9.17) is 9.47 Å². The maximum Gasteiger partial charge on any atom is 0.178 e. The predicted octanol–water partition coefficient (Wildman–Crippen LogP) is 0.963. The number of hydrogen-bond acceptors (Lipinski definition) is 3. The quantitative estimate of drug-likeness (QED) is 0.762. The van der Waals surface area contributed by atoms with Crippen molar-refractivity contribution in [1.82, 2.24) is 0 Å². The molecular weight excluding hydrogens is 180 g/mol. The first kappa shape index (κ1) is 9.65. The lowest BCUT2D eigenvalue weighted by atomic mass is 10.1. The van der Waals surface area contributed by atoms with Gasteiger partial charge in [-0.3, -0.25) is 0 Å². The van der Waals surface area contributed by atoms with Gasteiger partial charge >= 0.3 is 0 Å². The molecule has 0 aliphatic carbocycles. The summed E-state index contributed by atoms with van der Waals surface area (Å²) in [6.45, 7) is 0.844. The minimum Gasteiger partial charge on any atom is -0.373 e. The van der Waals surface area contributed by atoms with Gasteiger partial charge in [0.2, 0.25) is 0 Å². The predicted molar refractivity (Wildman–Crippen MR) is 51.8 cm³/mol. The third kappa shape index (κ3) is 2.54. The first-order valence-electron chi connectivity index (χ1n) is 4.80. The normalized spacial score (nSPS) is 27.5. The molecule has 1 N–H and O–H groups in total. The van der Waals surface area contributed by atoms with Crippen LogP contribution in [0.1, 0.15) is 5.56 Å². The second kappa shape index (κ2) is 4.55. The van der Waals surface area contributed by atoms with Crippen molar-refractivity contribution < 1.29 is 14.6 Å². The Morgan fingerprint density at radius 2 is 2.00 bits per heavy atom. The van der Waals surface area contributed by atoms with Gasteiger partial charge in [-0.15, -0.1) is 0 Å². The standard InChI is InChI=1S/C11H14O3/c12-11-8-13-7-10(14-11)6-9-4-2-1-3-5-9/h1-5,10-12H,6-8H2. The third-order valence-corrected chi connectivity index (χ3v) is 2.22. The Hall–Kier alpha value is -0.900. The molecule has 1 heterocycles. The number of aliphatic hydroxyl groups is 1. The smallest absolute Gasteiger partial charge is 0.178 e. The molecule has 3 nitrogen and oxygen atoms in total. The Kier molecular flexibility index (Phi) is 3.14. The van der Waals surface area contributed by atoms with E-state index in [1.54, 1.807) is 0 Å². The van der Waals surface area contributed by atoms with Crippen LogP contribution in [0, 0.1) is 0 Å². The van der Waals surface area contributed by atoms with Crippen LogP contribution in [0.25, 0.3) is 0 Å². The first-order valence-corrected chi connectivity index (χ1v) is 4.80. The molecule has 0 radical (unpaired) electrons. The molecule has 3 heteroatoms. The molecule has 1 saturated heterocycles. The molecule has 76 valence electrons. The fraction of sp³-hybridized carbons (Fsp3) is 0.455. The van der Waals surface area contributed by atoms with Crippen molar-refractivity contribution >= 4 is 0 Å². The van der Waals surface area contributed by atoms with E-state index in [-0.39, 0.29) is 12.7 Å². The molecule has 0 spiro atoms. The summed E-state index contributed by atoms with van der Waals surface area (Å²) in [4.78, 5) is 0. The van der Waals surface area contributed by atoms with Crippen molar-refractivity contribution in [2.45, 2.75) is 18.8 Å². The molecule has 14 heavy (non-hydrogen) atoms. The zero-order valence-corrected chi connectivity index (χ0v) is 7.93. The van der Waals surface area contributed by atoms with E-state index in [1.165, 1.54) is 5.56 Å². The topological polar surface area (TPSA) is 38.7 Å². The second-order valence-corrected chi connectivity index (χ2v) is 3.44. The molecule has 1 fully saturated rings. The van der Waals surface area contributed by atoms with Crippen molar-refractivity contribution in [2.75, 3.05) is 13.2 Å². The van der Waals surface area contributed by atoms with Gasteiger partial charge in [0.1, 0.15) is 0 Å². The highest BCUT2D eigenvalue weighted by Gasteiger charge is 2.20. The summed E-state index contributed by atoms with van der Waals surface area (Å²) in [6, 6.07) is 10.1. The van der Waals surface area contributed by atoms with Gasteiger partial charge in [-0.1, -0.05) is 30.3 Å². The summed E-state index contributed by atoms with van der Waals surface area (Å²) in [5.74, 6) is 0. The molecule has 0 amide bonds. The summed E-state index contributed by atoms with van der Waals surface area (Å²) in [7, 11) is 0. The number of ether oxygens (including phenoxy) is 2. The molecule has 1 aromatic rings. The van der Waals surface area contributed by atoms with Crippen LogP contribution in [0.4, 0.5) is 0 Å². The summed E-state index contributed by atoms with van der Waals surface area (Å²) in [6.07, 6.45) is -0.00337. The van der Waals surface area contributed by atoms with Gasteiger partial charge in [0, 0.05) is 6.42 Å². The number of aliphatic hydroxyl groups excluding tert-OH is 1. The van der Waals surface area contributed by atoms with Crippen LogP contribution in [0.5, 0.6) is 0 Å². The van der Waals surface area contributed by atoms with Crippen LogP contribution in [0.15, 0.2) is 30.3 Å². The average Bonchev–Trinajstić information content (AvgIpc) is 2.19. The molecule has 0 aromatic heterocycles. The minimum absolute atomic E-state index is 0.0267. The maximum atomic E-state index is 9.21. The number of benzene rings is 1. The summed E-state index contributed by atoms with van der Waals surface area (Å²) < 4.78 is 10.5. The van der Waals surface area contributed by atoms with Crippen molar-refractivity contribution in [3.05, 3.63) is 35.9 Å². The first-order chi connectivity index (χ1) is 6.84. The maximum absolute atomic E-state index is 9.21. The highest BCUT2D eigenvalue weighted by Crippen LogP contribution is 2.11. The SMILES string of the molecule is OC1COCC(Cc2ccccc2)O1. The summed E-state index contributed by atoms with van der Waals surface area (Å²) in [5, 5.41) is 9.21. The molecule has 2 atom stereocenters. The van der Waals surface area contributed by atoms with Gasteiger partial charge in [-0.05, 0) is 5.56 Å². The van der Waals surface area contributed by atoms with Gasteiger partial charge in [0.15, 0.2) is 6.29 Å². The Balaban J connectivity index is 1.91. The lowest BCUT2D eigenvalue weighted by Gasteiger charge is -2.26. The molecule has 1 aliphatic heterocycles. The Morgan fingerprint density at radius 3 is 2.71 bits per heavy atom. The van der Waals surface area contributed by atoms with Crippen LogP contribution in [-0.2, 0) is 15.9 Å². The molecule has 2 rings (SSSR count). The van der Waals surface area contributed by atoms with Crippen LogP contribution in [0.2, 0.25) is 0 Å². The van der Waals surface area contributed by atoms with Crippen LogP contribution >= 0.6 is 0 Å². The van der Waals surface area contributed by atoms with E-state index >= 15 is 0 Å². The van der Waals surface area contributed by atoms with Gasteiger partial charge in [0.25, 0.3) is 0 Å². The van der Waals surface area contributed by atoms with Crippen LogP contribution in [0.3, 0.4) is 0 Å². The number of hydrogen-bond donors (Lipinski definition) is 1. The van der Waals surface area contributed by atoms with Gasteiger partial charge in [0.05, 0.1) is 19.3 Å². The minimum atomic E-state index is -0.766. The molecular formula is C11H14O3. The van der Waals surface area contributed by atoms with Gasteiger partial charge in [-0.25, -0.2) is 0 Å². The highest BCUT2D eigenvalue weighted by molar-refractivity contribution is 5.15. The van der Waals surface area contributed by atoms with Crippen LogP contribution in [-0.4, -0.2) is 30.7 Å². The van der Waals surface area contributed by atoms with Gasteiger partial charge < -0.3 is 14.6 Å². The summed E-state index contributed by atoms with van der Waals surface area (Å²) >= 11 is 0. The fourth-order valence-electron chi connectivity index (χ4n) is 1.59. The van der Waals surface area contributed by atoms with E-state index in [9.17, 15) is 5.11 Å². The number of rotatable bonds is 2. The molecule has 0 bridgehead atoms. The Bertz CT molecular complexity index is 273. The molecule has 0 saturated carbocycles. The Labute approximate surface area is 83.3 Å². The summed E-state index contributed by atoms with van der Waals surface area (Å²) in [5.41, 5.74) is 1.20. The fourth-order valence-corrected chi connectivity index (χ4v) is 1.59. The third-order valence-electron chi connectivity index (χ3n) is 2.22. The zero-order chi connectivity index (χ0) is 9.80. The lowest BCUT2D eigenvalue weighted by molar-refractivity contribution is -0.219. The van der Waals surface area contributed by atoms with Crippen molar-refractivity contribution in [1.29, 1.82) is 0 Å². The molecule has 1 aromatic carbocycles. The lowest BCUT2D eigenvalue weighted by Crippen LogP contribution is -2.37. The van der Waals surface area contributed by atoms with Crippen molar-refractivity contribution in [3.8, 4) is 0 Å². The highest BCUT2D eigenvalue weighted by atomic mass is 16.7. The average molecular weight is 194 g/mol. The zero-order valence-electron chi connectivity index (χ0n) is 7.93. The van der Waals surface area contributed by atoms with E-state index in [0.717, 1.165) is 6.42 Å². The van der Waals surface area contributed by atoms with Crippen molar-refractivity contribution in [3.63, 3.8) is 0 Å². The van der Waals surface area contributed by atoms with E-state index in [2.05, 4.69) is 0 Å². The van der Waals surface area contributed by atoms with Crippen molar-refractivity contribution in [2.24, 2.45) is 0 Å². The Morgan fingerprint density at radius 1 is 1.21 bits per heavy atom. The van der Waals surface area contributed by atoms with Gasteiger partial charge in [-0.2, -0.15) is 0 Å². The molecule has 1 aliphatic rings. The second-order valence-electron chi connectivity index (χ2n) is 3.44. The monoisotopic (exact) mass is 194 g/mol. The van der Waals surface area contributed by atoms with E-state index < -0.39 is 6.29 Å². The van der Waals surface area contributed by atoms with Crippen LogP contribution < -0.4 is 0 Å². The van der Waals surface area contributed by atoms with E-state index in [0.29, 0.717) is 6.61 Å². The molecule has 2 unspecified atom stereocenters.